The molecule has 0 aliphatic heterocycles. The van der Waals surface area contributed by atoms with Gasteiger partial charge in [-0.1, -0.05) is 83.3 Å². The highest BCUT2D eigenvalue weighted by atomic mass is 16.4. The maximum Gasteiger partial charge on any atom is 0.314 e. The van der Waals surface area contributed by atoms with Crippen molar-refractivity contribution >= 4 is 11.8 Å². The lowest BCUT2D eigenvalue weighted by atomic mass is 9.97. The molecular weight excluding hydrogens is 312 g/mol. The molecule has 0 aromatic carbocycles. The topological polar surface area (TPSA) is 54.4 Å². The molecule has 0 aliphatic carbocycles. The molecule has 1 unspecified atom stereocenters. The third-order valence-corrected chi connectivity index (χ3v) is 4.79. The van der Waals surface area contributed by atoms with E-state index in [0.717, 1.165) is 19.3 Å². The second-order valence-electron chi connectivity index (χ2n) is 7.23. The number of unbranched alkanes of at least 4 members (excludes halogenated alkanes) is 12. The number of Topliss-reactive ketones (excluding diaryl/α,β-unsaturated/α-hetero) is 1. The van der Waals surface area contributed by atoms with E-state index in [2.05, 4.69) is 19.1 Å². The highest BCUT2D eigenvalue weighted by molar-refractivity contribution is 5.96. The monoisotopic (exact) mass is 352 g/mol. The number of rotatable bonds is 18. The SMILES string of the molecule is CCCCCCCC/C=C/CCCCCCCCC(C(C)=O)C(=O)O. The van der Waals surface area contributed by atoms with Crippen molar-refractivity contribution in [2.75, 3.05) is 0 Å². The molecule has 0 aromatic rings. The first-order chi connectivity index (χ1) is 12.1. The fraction of sp³-hybridized carbons (Fsp3) is 0.818. The average Bonchev–Trinajstić information content (AvgIpc) is 2.57. The summed E-state index contributed by atoms with van der Waals surface area (Å²) in [6, 6.07) is 0. The molecule has 0 amide bonds. The molecule has 0 spiro atoms. The van der Waals surface area contributed by atoms with Crippen LogP contribution in [0.1, 0.15) is 110 Å². The molecule has 0 bridgehead atoms. The van der Waals surface area contributed by atoms with Gasteiger partial charge in [-0.05, 0) is 39.0 Å². The molecule has 0 rings (SSSR count). The van der Waals surface area contributed by atoms with Crippen LogP contribution in [0, 0.1) is 5.92 Å². The van der Waals surface area contributed by atoms with E-state index in [1.807, 2.05) is 0 Å². The largest absolute Gasteiger partial charge is 0.481 e. The van der Waals surface area contributed by atoms with Gasteiger partial charge in [0.15, 0.2) is 0 Å². The fourth-order valence-corrected chi connectivity index (χ4v) is 3.10. The van der Waals surface area contributed by atoms with Gasteiger partial charge < -0.3 is 5.11 Å². The summed E-state index contributed by atoms with van der Waals surface area (Å²) in [5.41, 5.74) is 0. The number of carbonyl (C=O) groups excluding carboxylic acids is 1. The number of carboxylic acids is 1. The smallest absolute Gasteiger partial charge is 0.314 e. The predicted octanol–water partition coefficient (Wildman–Crippen LogP) is 6.70. The van der Waals surface area contributed by atoms with Gasteiger partial charge in [0, 0.05) is 0 Å². The van der Waals surface area contributed by atoms with Gasteiger partial charge in [0.2, 0.25) is 0 Å². The maximum absolute atomic E-state index is 11.2. The van der Waals surface area contributed by atoms with Gasteiger partial charge in [0.25, 0.3) is 0 Å². The van der Waals surface area contributed by atoms with Crippen LogP contribution < -0.4 is 0 Å². The molecule has 0 aromatic heterocycles. The van der Waals surface area contributed by atoms with Crippen LogP contribution in [0.2, 0.25) is 0 Å². The van der Waals surface area contributed by atoms with Crippen molar-refractivity contribution in [1.82, 2.24) is 0 Å². The minimum absolute atomic E-state index is 0.222. The Balaban J connectivity index is 3.32. The summed E-state index contributed by atoms with van der Waals surface area (Å²) < 4.78 is 0. The maximum atomic E-state index is 11.2. The van der Waals surface area contributed by atoms with E-state index in [0.29, 0.717) is 6.42 Å². The van der Waals surface area contributed by atoms with Gasteiger partial charge in [-0.3, -0.25) is 9.59 Å². The van der Waals surface area contributed by atoms with Crippen LogP contribution in [0.5, 0.6) is 0 Å². The minimum Gasteiger partial charge on any atom is -0.481 e. The van der Waals surface area contributed by atoms with E-state index < -0.39 is 11.9 Å². The number of allylic oxidation sites excluding steroid dienone is 2. The van der Waals surface area contributed by atoms with Gasteiger partial charge in [0.05, 0.1) is 0 Å². The number of hydrogen-bond acceptors (Lipinski definition) is 2. The highest BCUT2D eigenvalue weighted by Gasteiger charge is 2.21. The predicted molar refractivity (Wildman–Crippen MR) is 106 cm³/mol. The second-order valence-corrected chi connectivity index (χ2v) is 7.23. The van der Waals surface area contributed by atoms with Gasteiger partial charge in [-0.25, -0.2) is 0 Å². The Morgan fingerprint density at radius 3 is 1.64 bits per heavy atom. The third-order valence-electron chi connectivity index (χ3n) is 4.79. The number of aliphatic carboxylic acids is 1. The Labute approximate surface area is 155 Å². The lowest BCUT2D eigenvalue weighted by Gasteiger charge is -2.07. The Hall–Kier alpha value is -1.12. The van der Waals surface area contributed by atoms with Gasteiger partial charge in [-0.15, -0.1) is 0 Å². The first-order valence-corrected chi connectivity index (χ1v) is 10.5. The highest BCUT2D eigenvalue weighted by Crippen LogP contribution is 2.14. The van der Waals surface area contributed by atoms with E-state index in [4.69, 9.17) is 5.11 Å². The molecule has 1 atom stereocenters. The van der Waals surface area contributed by atoms with E-state index in [1.165, 1.54) is 77.6 Å². The molecule has 0 heterocycles. The van der Waals surface area contributed by atoms with Crippen molar-refractivity contribution in [2.24, 2.45) is 5.92 Å². The quantitative estimate of drug-likeness (QED) is 0.169. The van der Waals surface area contributed by atoms with Crippen molar-refractivity contribution in [3.05, 3.63) is 12.2 Å². The second kappa shape index (κ2) is 17.7. The number of carboxylic acid groups (broad SMARTS) is 1. The molecule has 0 saturated carbocycles. The summed E-state index contributed by atoms with van der Waals surface area (Å²) in [4.78, 5) is 22.1. The van der Waals surface area contributed by atoms with Crippen LogP contribution in [0.4, 0.5) is 0 Å². The summed E-state index contributed by atoms with van der Waals surface area (Å²) in [7, 11) is 0. The molecule has 25 heavy (non-hydrogen) atoms. The Morgan fingerprint density at radius 2 is 1.20 bits per heavy atom. The molecule has 146 valence electrons. The standard InChI is InChI=1S/C22H40O3/c1-3-4-5-6-7-8-9-10-11-12-13-14-15-16-17-18-19-21(20(2)23)22(24)25/h10-11,21H,3-9,12-19H2,1-2H3,(H,24,25)/b11-10+. The number of carbonyl (C=O) groups is 2. The molecule has 3 nitrogen and oxygen atoms in total. The first-order valence-electron chi connectivity index (χ1n) is 10.5. The van der Waals surface area contributed by atoms with Crippen molar-refractivity contribution in [2.45, 2.75) is 110 Å². The third kappa shape index (κ3) is 16.1. The van der Waals surface area contributed by atoms with E-state index in [9.17, 15) is 9.59 Å². The van der Waals surface area contributed by atoms with Gasteiger partial charge in [-0.2, -0.15) is 0 Å². The number of hydrogen-bond donors (Lipinski definition) is 1. The lowest BCUT2D eigenvalue weighted by Crippen LogP contribution is -2.21. The van der Waals surface area contributed by atoms with Crippen LogP contribution in [-0.2, 0) is 9.59 Å². The van der Waals surface area contributed by atoms with Crippen LogP contribution in [-0.4, -0.2) is 16.9 Å². The molecule has 0 saturated heterocycles. The Kier molecular flexibility index (Phi) is 16.9. The summed E-state index contributed by atoms with van der Waals surface area (Å²) >= 11 is 0. The zero-order valence-corrected chi connectivity index (χ0v) is 16.6. The van der Waals surface area contributed by atoms with E-state index >= 15 is 0 Å². The Morgan fingerprint density at radius 1 is 0.760 bits per heavy atom. The zero-order valence-electron chi connectivity index (χ0n) is 16.6. The van der Waals surface area contributed by atoms with Gasteiger partial charge in [0.1, 0.15) is 11.7 Å². The molecule has 1 N–H and O–H groups in total. The summed E-state index contributed by atoms with van der Waals surface area (Å²) in [6.07, 6.45) is 22.5. The number of ketones is 1. The Bertz CT molecular complexity index is 346. The van der Waals surface area contributed by atoms with Crippen LogP contribution in [0.3, 0.4) is 0 Å². The minimum atomic E-state index is -0.972. The fourth-order valence-electron chi connectivity index (χ4n) is 3.10. The lowest BCUT2D eigenvalue weighted by molar-refractivity contribution is -0.146. The van der Waals surface area contributed by atoms with Crippen molar-refractivity contribution in [3.8, 4) is 0 Å². The molecular formula is C22H40O3. The van der Waals surface area contributed by atoms with Gasteiger partial charge >= 0.3 is 5.97 Å². The van der Waals surface area contributed by atoms with Crippen molar-refractivity contribution in [3.63, 3.8) is 0 Å². The summed E-state index contributed by atoms with van der Waals surface area (Å²) in [6.45, 7) is 3.63. The van der Waals surface area contributed by atoms with Crippen LogP contribution in [0.15, 0.2) is 12.2 Å². The van der Waals surface area contributed by atoms with E-state index in [1.54, 1.807) is 0 Å². The molecule has 3 heteroatoms. The van der Waals surface area contributed by atoms with Crippen LogP contribution >= 0.6 is 0 Å². The summed E-state index contributed by atoms with van der Waals surface area (Å²) in [5.74, 6) is -1.99. The van der Waals surface area contributed by atoms with E-state index in [-0.39, 0.29) is 5.78 Å². The zero-order chi connectivity index (χ0) is 18.8. The van der Waals surface area contributed by atoms with Crippen LogP contribution in [0.25, 0.3) is 0 Å². The normalized spacial score (nSPS) is 12.6. The average molecular weight is 353 g/mol. The van der Waals surface area contributed by atoms with Crippen molar-refractivity contribution in [1.29, 1.82) is 0 Å². The van der Waals surface area contributed by atoms with Crippen molar-refractivity contribution < 1.29 is 14.7 Å². The first kappa shape index (κ1) is 23.9. The summed E-state index contributed by atoms with van der Waals surface area (Å²) in [5, 5.41) is 8.94. The molecule has 0 aliphatic rings. The molecule has 0 radical (unpaired) electrons. The molecule has 0 fully saturated rings.